The van der Waals surface area contributed by atoms with Crippen LogP contribution >= 0.6 is 11.3 Å². The van der Waals surface area contributed by atoms with E-state index in [1.54, 1.807) is 11.3 Å². The highest BCUT2D eigenvalue weighted by Crippen LogP contribution is 2.22. The van der Waals surface area contributed by atoms with E-state index in [-0.39, 0.29) is 18.7 Å². The molecule has 2 unspecified atom stereocenters. The molecule has 20 heavy (non-hydrogen) atoms. The van der Waals surface area contributed by atoms with Gasteiger partial charge in [-0.1, -0.05) is 12.1 Å². The van der Waals surface area contributed by atoms with Crippen LogP contribution in [0.4, 0.5) is 0 Å². The molecule has 1 N–H and O–H groups in total. The summed E-state index contributed by atoms with van der Waals surface area (Å²) in [6.45, 7) is 4.31. The predicted octanol–water partition coefficient (Wildman–Crippen LogP) is 3.46. The maximum atomic E-state index is 8.47. The maximum absolute atomic E-state index is 8.47. The summed E-state index contributed by atoms with van der Waals surface area (Å²) in [6.07, 6.45) is 1.82. The van der Waals surface area contributed by atoms with Crippen LogP contribution in [0.25, 0.3) is 0 Å². The Kier molecular flexibility index (Phi) is 5.10. The van der Waals surface area contributed by atoms with Crippen molar-refractivity contribution in [3.63, 3.8) is 0 Å². The third-order valence-electron chi connectivity index (χ3n) is 3.01. The first kappa shape index (κ1) is 14.5. The molecule has 0 saturated carbocycles. The molecule has 2 atom stereocenters. The van der Waals surface area contributed by atoms with Crippen LogP contribution in [-0.4, -0.2) is 11.6 Å². The molecule has 0 amide bonds. The van der Waals surface area contributed by atoms with Crippen molar-refractivity contribution in [2.24, 2.45) is 0 Å². The number of nitrogens with zero attached hydrogens (tertiary/aromatic N) is 2. The lowest BCUT2D eigenvalue weighted by Gasteiger charge is -2.19. The quantitative estimate of drug-likeness (QED) is 0.884. The molecule has 2 rings (SSSR count). The molecule has 0 aliphatic rings. The molecule has 0 aliphatic carbocycles. The Morgan fingerprint density at radius 3 is 2.65 bits per heavy atom. The molecule has 4 nitrogen and oxygen atoms in total. The zero-order valence-electron chi connectivity index (χ0n) is 11.5. The molecule has 1 aromatic carbocycles. The summed E-state index contributed by atoms with van der Waals surface area (Å²) >= 11 is 1.66. The standard InChI is InChI=1S/C15H17N3OS/c1-11(18-12(2)15-17-8-10-20-15)13-3-5-14(6-4-13)19-9-7-16/h3-6,8,10-12,18H,9H2,1-2H3. The van der Waals surface area contributed by atoms with Gasteiger partial charge in [-0.15, -0.1) is 11.3 Å². The zero-order chi connectivity index (χ0) is 14.4. The van der Waals surface area contributed by atoms with Crippen LogP contribution in [0, 0.1) is 11.3 Å². The van der Waals surface area contributed by atoms with E-state index in [4.69, 9.17) is 10.00 Å². The summed E-state index contributed by atoms with van der Waals surface area (Å²) in [5.74, 6) is 0.718. The minimum Gasteiger partial charge on any atom is -0.479 e. The topological polar surface area (TPSA) is 57.9 Å². The lowest BCUT2D eigenvalue weighted by molar-refractivity contribution is 0.368. The lowest BCUT2D eigenvalue weighted by Crippen LogP contribution is -2.22. The van der Waals surface area contributed by atoms with E-state index in [1.807, 2.05) is 41.9 Å². The number of nitriles is 1. The minimum absolute atomic E-state index is 0.0776. The van der Waals surface area contributed by atoms with Gasteiger partial charge in [-0.05, 0) is 31.5 Å². The maximum Gasteiger partial charge on any atom is 0.174 e. The molecule has 0 aliphatic heterocycles. The molecular weight excluding hydrogens is 270 g/mol. The molecule has 2 aromatic rings. The normalized spacial score (nSPS) is 13.4. The third kappa shape index (κ3) is 3.80. The second-order valence-corrected chi connectivity index (χ2v) is 5.42. The van der Waals surface area contributed by atoms with Crippen molar-refractivity contribution in [1.82, 2.24) is 10.3 Å². The summed E-state index contributed by atoms with van der Waals surface area (Å²) in [7, 11) is 0. The third-order valence-corrected chi connectivity index (χ3v) is 3.96. The lowest BCUT2D eigenvalue weighted by atomic mass is 10.1. The Labute approximate surface area is 123 Å². The van der Waals surface area contributed by atoms with Gasteiger partial charge in [-0.3, -0.25) is 0 Å². The number of aromatic nitrogens is 1. The van der Waals surface area contributed by atoms with E-state index in [0.29, 0.717) is 0 Å². The van der Waals surface area contributed by atoms with E-state index in [2.05, 4.69) is 24.1 Å². The van der Waals surface area contributed by atoms with Crippen LogP contribution in [0.1, 0.15) is 36.5 Å². The Morgan fingerprint density at radius 1 is 1.30 bits per heavy atom. The molecule has 0 saturated heterocycles. The fourth-order valence-corrected chi connectivity index (χ4v) is 2.61. The van der Waals surface area contributed by atoms with Gasteiger partial charge in [0.05, 0.1) is 6.04 Å². The highest BCUT2D eigenvalue weighted by atomic mass is 32.1. The number of benzene rings is 1. The summed E-state index contributed by atoms with van der Waals surface area (Å²) < 4.78 is 5.24. The van der Waals surface area contributed by atoms with Crippen LogP contribution in [-0.2, 0) is 0 Å². The highest BCUT2D eigenvalue weighted by molar-refractivity contribution is 7.09. The number of hydrogen-bond donors (Lipinski definition) is 1. The molecular formula is C15H17N3OS. The average Bonchev–Trinajstić information content (AvgIpc) is 3.00. The molecule has 0 radical (unpaired) electrons. The van der Waals surface area contributed by atoms with E-state index < -0.39 is 0 Å². The van der Waals surface area contributed by atoms with Gasteiger partial charge in [-0.25, -0.2) is 4.98 Å². The summed E-state index contributed by atoms with van der Waals surface area (Å²) in [5, 5.41) is 15.1. The van der Waals surface area contributed by atoms with Gasteiger partial charge in [-0.2, -0.15) is 5.26 Å². The van der Waals surface area contributed by atoms with Crippen molar-refractivity contribution >= 4 is 11.3 Å². The van der Waals surface area contributed by atoms with Gasteiger partial charge in [0.1, 0.15) is 16.8 Å². The number of nitrogens with one attached hydrogen (secondary N) is 1. The van der Waals surface area contributed by atoms with E-state index in [1.165, 1.54) is 5.56 Å². The Hall–Kier alpha value is -1.90. The molecule has 0 spiro atoms. The predicted molar refractivity (Wildman–Crippen MR) is 79.6 cm³/mol. The van der Waals surface area contributed by atoms with Crippen molar-refractivity contribution in [2.75, 3.05) is 6.61 Å². The fourth-order valence-electron chi connectivity index (χ4n) is 1.96. The minimum atomic E-state index is 0.0776. The van der Waals surface area contributed by atoms with Crippen LogP contribution in [0.15, 0.2) is 35.8 Å². The van der Waals surface area contributed by atoms with Crippen LogP contribution in [0.2, 0.25) is 0 Å². The second kappa shape index (κ2) is 7.04. The molecule has 104 valence electrons. The highest BCUT2D eigenvalue weighted by Gasteiger charge is 2.12. The molecule has 1 aromatic heterocycles. The Bertz CT molecular complexity index is 560. The molecule has 5 heteroatoms. The van der Waals surface area contributed by atoms with Crippen LogP contribution in [0.3, 0.4) is 0 Å². The first-order valence-corrected chi connectivity index (χ1v) is 7.34. The van der Waals surface area contributed by atoms with Crippen molar-refractivity contribution in [3.05, 3.63) is 46.4 Å². The molecule has 0 bridgehead atoms. The van der Waals surface area contributed by atoms with Crippen molar-refractivity contribution in [1.29, 1.82) is 5.26 Å². The Balaban J connectivity index is 1.95. The summed E-state index contributed by atoms with van der Waals surface area (Å²) in [6, 6.07) is 10.2. The van der Waals surface area contributed by atoms with Gasteiger partial charge >= 0.3 is 0 Å². The van der Waals surface area contributed by atoms with Crippen LogP contribution in [0.5, 0.6) is 5.75 Å². The van der Waals surface area contributed by atoms with Gasteiger partial charge in [0.25, 0.3) is 0 Å². The largest absolute Gasteiger partial charge is 0.479 e. The smallest absolute Gasteiger partial charge is 0.174 e. The van der Waals surface area contributed by atoms with Gasteiger partial charge < -0.3 is 10.1 Å². The van der Waals surface area contributed by atoms with Crippen molar-refractivity contribution in [2.45, 2.75) is 25.9 Å². The first-order valence-electron chi connectivity index (χ1n) is 6.46. The summed E-state index contributed by atoms with van der Waals surface area (Å²) in [5.41, 5.74) is 1.18. The molecule has 0 fully saturated rings. The number of thiazole rings is 1. The average molecular weight is 287 g/mol. The monoisotopic (exact) mass is 287 g/mol. The zero-order valence-corrected chi connectivity index (χ0v) is 12.4. The fraction of sp³-hybridized carbons (Fsp3) is 0.333. The van der Waals surface area contributed by atoms with Crippen molar-refractivity contribution < 1.29 is 4.74 Å². The second-order valence-electron chi connectivity index (χ2n) is 4.50. The number of ether oxygens (including phenoxy) is 1. The van der Waals surface area contributed by atoms with Crippen molar-refractivity contribution in [3.8, 4) is 11.8 Å². The van der Waals surface area contributed by atoms with Crippen LogP contribution < -0.4 is 10.1 Å². The van der Waals surface area contributed by atoms with E-state index >= 15 is 0 Å². The SMILES string of the molecule is CC(NC(C)c1nccs1)c1ccc(OCC#N)cc1. The first-order chi connectivity index (χ1) is 9.70. The van der Waals surface area contributed by atoms with Gasteiger partial charge in [0.2, 0.25) is 0 Å². The number of rotatable bonds is 6. The van der Waals surface area contributed by atoms with Gasteiger partial charge in [0, 0.05) is 17.6 Å². The molecule has 1 heterocycles. The van der Waals surface area contributed by atoms with Gasteiger partial charge in [0.15, 0.2) is 6.61 Å². The summed E-state index contributed by atoms with van der Waals surface area (Å²) in [4.78, 5) is 4.32. The Morgan fingerprint density at radius 2 is 2.05 bits per heavy atom. The van der Waals surface area contributed by atoms with E-state index in [0.717, 1.165) is 10.8 Å². The number of hydrogen-bond acceptors (Lipinski definition) is 5. The van der Waals surface area contributed by atoms with E-state index in [9.17, 15) is 0 Å².